The van der Waals surface area contributed by atoms with Gasteiger partial charge in [0.1, 0.15) is 21.2 Å². The second-order valence-electron chi connectivity index (χ2n) is 6.93. The summed E-state index contributed by atoms with van der Waals surface area (Å²) in [4.78, 5) is 11.7. The second-order valence-corrected chi connectivity index (χ2v) is 10.5. The van der Waals surface area contributed by atoms with Crippen molar-refractivity contribution in [3.8, 4) is 0 Å². The van der Waals surface area contributed by atoms with Gasteiger partial charge in [0.2, 0.25) is 0 Å². The van der Waals surface area contributed by atoms with Gasteiger partial charge in [0.15, 0.2) is 5.70 Å². The number of aliphatic hydroxyl groups is 1. The smallest absolute Gasteiger partial charge is 0.296 e. The first-order valence-corrected chi connectivity index (χ1v) is 12.9. The Morgan fingerprint density at radius 2 is 1.46 bits per heavy atom. The first kappa shape index (κ1) is 26.5. The normalized spacial score (nSPS) is 13.2. The number of fused-ring (bicyclic) bond motifs is 1. The number of benzene rings is 3. The third-order valence-corrected chi connectivity index (χ3v) is 7.02. The first-order valence-electron chi connectivity index (χ1n) is 9.29. The standard InChI is InChI=1S/C20H15Cl2N3O8S2/c1-10(26)19(25-24-16-8-13(21)14(22)9-18(16)35(31,32)33)20(27)23-15-6-7-17(34(28,29)30)12-5-3-2-4-11(12)15/h2-9,26H,1H3,(H,23,27)(H,28,29,30)(H,31,32,33). The Bertz CT molecular complexity index is 1630. The largest absolute Gasteiger partial charge is 0.510 e. The molecular weight excluding hydrogens is 545 g/mol. The number of carbonyl (C=O) groups is 1. The van der Waals surface area contributed by atoms with E-state index in [1.807, 2.05) is 0 Å². The third-order valence-electron chi connectivity index (χ3n) is 4.51. The Labute approximate surface area is 209 Å². The molecule has 11 nitrogen and oxygen atoms in total. The van der Waals surface area contributed by atoms with Crippen LogP contribution in [-0.2, 0) is 25.0 Å². The number of hydrogen-bond donors (Lipinski definition) is 4. The molecule has 3 aromatic rings. The van der Waals surface area contributed by atoms with Crippen molar-refractivity contribution in [3.05, 3.63) is 70.0 Å². The van der Waals surface area contributed by atoms with Gasteiger partial charge in [0.25, 0.3) is 26.1 Å². The summed E-state index contributed by atoms with van der Waals surface area (Å²) in [6.07, 6.45) is 0. The van der Waals surface area contributed by atoms with Crippen molar-refractivity contribution in [3.63, 3.8) is 0 Å². The molecule has 0 aliphatic heterocycles. The number of aliphatic hydroxyl groups excluding tert-OH is 1. The monoisotopic (exact) mass is 559 g/mol. The van der Waals surface area contributed by atoms with E-state index in [2.05, 4.69) is 15.5 Å². The quantitative estimate of drug-likeness (QED) is 0.138. The van der Waals surface area contributed by atoms with E-state index in [0.717, 1.165) is 25.1 Å². The Kier molecular flexibility index (Phi) is 7.50. The molecule has 15 heteroatoms. The van der Waals surface area contributed by atoms with Crippen molar-refractivity contribution < 1.29 is 35.8 Å². The lowest BCUT2D eigenvalue weighted by atomic mass is 10.1. The lowest BCUT2D eigenvalue weighted by Gasteiger charge is -2.11. The minimum atomic E-state index is -4.80. The number of halogens is 2. The molecule has 0 aliphatic rings. The summed E-state index contributed by atoms with van der Waals surface area (Å²) in [6, 6.07) is 10.1. The number of nitrogens with one attached hydrogen (secondary N) is 1. The average molecular weight is 560 g/mol. The number of amides is 1. The number of allylic oxidation sites excluding steroid dienone is 1. The maximum atomic E-state index is 12.8. The van der Waals surface area contributed by atoms with Crippen LogP contribution in [0.25, 0.3) is 10.8 Å². The van der Waals surface area contributed by atoms with Crippen LogP contribution >= 0.6 is 23.2 Å². The molecule has 184 valence electrons. The Morgan fingerprint density at radius 3 is 2.03 bits per heavy atom. The van der Waals surface area contributed by atoms with Crippen LogP contribution in [0, 0.1) is 0 Å². The number of hydrogen-bond acceptors (Lipinski definition) is 8. The minimum Gasteiger partial charge on any atom is -0.510 e. The summed E-state index contributed by atoms with van der Waals surface area (Å²) in [7, 11) is -9.35. The molecule has 0 bridgehead atoms. The van der Waals surface area contributed by atoms with E-state index in [-0.39, 0.29) is 31.4 Å². The van der Waals surface area contributed by atoms with Crippen LogP contribution in [-0.4, -0.2) is 37.0 Å². The highest BCUT2D eigenvalue weighted by molar-refractivity contribution is 7.86. The molecule has 1 amide bonds. The van der Waals surface area contributed by atoms with Crippen molar-refractivity contribution in [1.82, 2.24) is 0 Å². The predicted molar refractivity (Wildman–Crippen MR) is 129 cm³/mol. The Balaban J connectivity index is 2.03. The van der Waals surface area contributed by atoms with Gasteiger partial charge in [-0.15, -0.1) is 10.2 Å². The van der Waals surface area contributed by atoms with Crippen LogP contribution in [0.3, 0.4) is 0 Å². The van der Waals surface area contributed by atoms with Crippen LogP contribution in [0.1, 0.15) is 6.92 Å². The van der Waals surface area contributed by atoms with E-state index in [9.17, 15) is 35.8 Å². The van der Waals surface area contributed by atoms with E-state index in [1.54, 1.807) is 6.07 Å². The first-order chi connectivity index (χ1) is 16.2. The van der Waals surface area contributed by atoms with E-state index >= 15 is 0 Å². The molecule has 0 saturated carbocycles. The Morgan fingerprint density at radius 1 is 0.886 bits per heavy atom. The number of rotatable bonds is 6. The predicted octanol–water partition coefficient (Wildman–Crippen LogP) is 5.15. The fourth-order valence-electron chi connectivity index (χ4n) is 2.98. The van der Waals surface area contributed by atoms with Gasteiger partial charge in [-0.05, 0) is 31.2 Å². The van der Waals surface area contributed by atoms with Crippen LogP contribution in [0.2, 0.25) is 10.0 Å². The van der Waals surface area contributed by atoms with Gasteiger partial charge in [0, 0.05) is 16.5 Å². The zero-order valence-corrected chi connectivity index (χ0v) is 20.6. The van der Waals surface area contributed by atoms with Gasteiger partial charge in [-0.25, -0.2) is 0 Å². The zero-order chi connectivity index (χ0) is 26.1. The van der Waals surface area contributed by atoms with Crippen molar-refractivity contribution in [2.75, 3.05) is 5.32 Å². The molecule has 0 saturated heterocycles. The molecule has 0 aliphatic carbocycles. The lowest BCUT2D eigenvalue weighted by molar-refractivity contribution is -0.113. The summed E-state index contributed by atoms with van der Waals surface area (Å²) in [5.74, 6) is -1.59. The van der Waals surface area contributed by atoms with Gasteiger partial charge in [-0.1, -0.05) is 47.5 Å². The molecule has 0 fully saturated rings. The highest BCUT2D eigenvalue weighted by atomic mass is 35.5. The summed E-state index contributed by atoms with van der Waals surface area (Å²) in [5, 5.41) is 19.7. The van der Waals surface area contributed by atoms with E-state index in [4.69, 9.17) is 23.2 Å². The van der Waals surface area contributed by atoms with Gasteiger partial charge < -0.3 is 10.4 Å². The van der Waals surface area contributed by atoms with Crippen molar-refractivity contribution in [2.24, 2.45) is 10.2 Å². The van der Waals surface area contributed by atoms with Gasteiger partial charge in [-0.3, -0.25) is 13.9 Å². The van der Waals surface area contributed by atoms with E-state index in [0.29, 0.717) is 0 Å². The molecule has 0 spiro atoms. The fraction of sp³-hybridized carbons (Fsp3) is 0.0500. The summed E-state index contributed by atoms with van der Waals surface area (Å²) in [6.45, 7) is 1.12. The summed E-state index contributed by atoms with van der Waals surface area (Å²) in [5.41, 5.74) is -0.989. The molecule has 0 radical (unpaired) electrons. The summed E-state index contributed by atoms with van der Waals surface area (Å²) >= 11 is 11.7. The number of anilines is 1. The molecule has 0 aromatic heterocycles. The maximum Gasteiger partial charge on any atom is 0.296 e. The number of carbonyl (C=O) groups excluding carboxylic acids is 1. The van der Waals surface area contributed by atoms with Crippen LogP contribution in [0.4, 0.5) is 11.4 Å². The van der Waals surface area contributed by atoms with Crippen molar-refractivity contribution in [1.29, 1.82) is 0 Å². The minimum absolute atomic E-state index is 0.111. The third kappa shape index (κ3) is 5.96. The fourth-order valence-corrected chi connectivity index (χ4v) is 4.69. The molecule has 35 heavy (non-hydrogen) atoms. The highest BCUT2D eigenvalue weighted by Crippen LogP contribution is 2.34. The maximum absolute atomic E-state index is 12.8. The molecule has 3 rings (SSSR count). The molecule has 0 unspecified atom stereocenters. The number of nitrogens with zero attached hydrogens (tertiary/aromatic N) is 2. The zero-order valence-electron chi connectivity index (χ0n) is 17.5. The molecule has 3 aromatic carbocycles. The van der Waals surface area contributed by atoms with Crippen molar-refractivity contribution in [2.45, 2.75) is 16.7 Å². The van der Waals surface area contributed by atoms with Gasteiger partial charge in [-0.2, -0.15) is 16.8 Å². The van der Waals surface area contributed by atoms with Crippen LogP contribution < -0.4 is 5.32 Å². The molecule has 0 heterocycles. The van der Waals surface area contributed by atoms with Crippen LogP contribution in [0.15, 0.2) is 80.0 Å². The Hall–Kier alpha value is -3.07. The molecular formula is C20H15Cl2N3O8S2. The van der Waals surface area contributed by atoms with E-state index < -0.39 is 48.2 Å². The van der Waals surface area contributed by atoms with E-state index in [1.165, 1.54) is 24.3 Å². The van der Waals surface area contributed by atoms with Gasteiger partial charge >= 0.3 is 0 Å². The van der Waals surface area contributed by atoms with Crippen molar-refractivity contribution >= 4 is 71.5 Å². The SMILES string of the molecule is CC(O)=C(N=Nc1cc(Cl)c(Cl)cc1S(=O)(=O)O)C(=O)Nc1ccc(S(=O)(=O)O)c2ccccc12. The average Bonchev–Trinajstić information content (AvgIpc) is 2.74. The number of azo groups is 1. The molecule has 0 atom stereocenters. The second kappa shape index (κ2) is 9.89. The highest BCUT2D eigenvalue weighted by Gasteiger charge is 2.21. The topological polar surface area (TPSA) is 183 Å². The van der Waals surface area contributed by atoms with Crippen LogP contribution in [0.5, 0.6) is 0 Å². The van der Waals surface area contributed by atoms with Gasteiger partial charge in [0.05, 0.1) is 10.0 Å². The summed E-state index contributed by atoms with van der Waals surface area (Å²) < 4.78 is 65.5. The lowest BCUT2D eigenvalue weighted by Crippen LogP contribution is -2.15. The molecule has 4 N–H and O–H groups in total.